The van der Waals surface area contributed by atoms with E-state index < -0.39 is 5.54 Å². The van der Waals surface area contributed by atoms with Crippen molar-refractivity contribution < 1.29 is 9.59 Å². The second kappa shape index (κ2) is 6.07. The van der Waals surface area contributed by atoms with E-state index in [0.717, 1.165) is 6.42 Å². The van der Waals surface area contributed by atoms with Crippen LogP contribution in [0.5, 0.6) is 0 Å². The second-order valence-corrected chi connectivity index (χ2v) is 5.51. The summed E-state index contributed by atoms with van der Waals surface area (Å²) < 4.78 is 0. The predicted octanol–water partition coefficient (Wildman–Crippen LogP) is 1.75. The monoisotopic (exact) mass is 274 g/mol. The molecule has 1 fully saturated rings. The van der Waals surface area contributed by atoms with Gasteiger partial charge in [-0.25, -0.2) is 0 Å². The largest absolute Gasteiger partial charge is 0.342 e. The number of hydrogen-bond acceptors (Lipinski definition) is 2. The van der Waals surface area contributed by atoms with Crippen LogP contribution in [-0.2, 0) is 16.0 Å². The highest BCUT2D eigenvalue weighted by atomic mass is 16.2. The molecular formula is C16H22N2O2. The highest BCUT2D eigenvalue weighted by molar-refractivity contribution is 5.93. The van der Waals surface area contributed by atoms with Gasteiger partial charge in [-0.15, -0.1) is 0 Å². The second-order valence-electron chi connectivity index (χ2n) is 5.51. The lowest BCUT2D eigenvalue weighted by Crippen LogP contribution is -2.54. The Morgan fingerprint density at radius 2 is 1.95 bits per heavy atom. The van der Waals surface area contributed by atoms with Crippen LogP contribution in [0.3, 0.4) is 0 Å². The standard InChI is InChI=1S/C16H22N2O2/c1-3-16(2)15(20)18(12-10-14(19)17-16)11-9-13-7-5-4-6-8-13/h4-8H,3,9-12H2,1-2H3,(H,17,19). The maximum atomic E-state index is 12.6. The van der Waals surface area contributed by atoms with E-state index >= 15 is 0 Å². The van der Waals surface area contributed by atoms with E-state index in [1.54, 1.807) is 0 Å². The van der Waals surface area contributed by atoms with Gasteiger partial charge in [0.2, 0.25) is 11.8 Å². The van der Waals surface area contributed by atoms with E-state index in [2.05, 4.69) is 17.4 Å². The Kier molecular flexibility index (Phi) is 4.42. The molecule has 0 spiro atoms. The number of hydrogen-bond donors (Lipinski definition) is 1. The minimum absolute atomic E-state index is 0.0294. The molecule has 1 aliphatic heterocycles. The topological polar surface area (TPSA) is 49.4 Å². The molecule has 1 aliphatic rings. The fraction of sp³-hybridized carbons (Fsp3) is 0.500. The van der Waals surface area contributed by atoms with Crippen LogP contribution in [0.25, 0.3) is 0 Å². The quantitative estimate of drug-likeness (QED) is 0.909. The third kappa shape index (κ3) is 3.18. The molecule has 1 unspecified atom stereocenters. The van der Waals surface area contributed by atoms with Crippen molar-refractivity contribution >= 4 is 11.8 Å². The first-order chi connectivity index (χ1) is 9.55. The van der Waals surface area contributed by atoms with Gasteiger partial charge in [-0.1, -0.05) is 37.3 Å². The number of nitrogens with one attached hydrogen (secondary N) is 1. The fourth-order valence-electron chi connectivity index (χ4n) is 2.47. The van der Waals surface area contributed by atoms with Crippen LogP contribution in [-0.4, -0.2) is 35.3 Å². The molecule has 0 aliphatic carbocycles. The highest BCUT2D eigenvalue weighted by Crippen LogP contribution is 2.18. The Morgan fingerprint density at radius 1 is 1.25 bits per heavy atom. The zero-order chi connectivity index (χ0) is 14.6. The molecule has 0 radical (unpaired) electrons. The summed E-state index contributed by atoms with van der Waals surface area (Å²) in [5, 5.41) is 2.85. The Bertz CT molecular complexity index is 487. The van der Waals surface area contributed by atoms with Gasteiger partial charge in [0.15, 0.2) is 0 Å². The van der Waals surface area contributed by atoms with Crippen LogP contribution in [0.4, 0.5) is 0 Å². The highest BCUT2D eigenvalue weighted by Gasteiger charge is 2.38. The molecule has 1 aromatic carbocycles. The van der Waals surface area contributed by atoms with Crippen LogP contribution in [0.1, 0.15) is 32.3 Å². The molecule has 0 aromatic heterocycles. The van der Waals surface area contributed by atoms with Crippen LogP contribution in [0, 0.1) is 0 Å². The molecule has 1 saturated heterocycles. The smallest absolute Gasteiger partial charge is 0.248 e. The first-order valence-corrected chi connectivity index (χ1v) is 7.19. The zero-order valence-corrected chi connectivity index (χ0v) is 12.2. The van der Waals surface area contributed by atoms with Crippen molar-refractivity contribution in [1.82, 2.24) is 10.2 Å². The summed E-state index contributed by atoms with van der Waals surface area (Å²) in [6.45, 7) is 4.91. The van der Waals surface area contributed by atoms with E-state index in [0.29, 0.717) is 25.9 Å². The van der Waals surface area contributed by atoms with Gasteiger partial charge in [0.25, 0.3) is 0 Å². The summed E-state index contributed by atoms with van der Waals surface area (Å²) in [5.41, 5.74) is 0.451. The lowest BCUT2D eigenvalue weighted by Gasteiger charge is -2.31. The number of amides is 2. The van der Waals surface area contributed by atoms with Crippen LogP contribution < -0.4 is 5.32 Å². The van der Waals surface area contributed by atoms with Gasteiger partial charge in [0.05, 0.1) is 0 Å². The molecule has 108 valence electrons. The summed E-state index contributed by atoms with van der Waals surface area (Å²) in [4.78, 5) is 26.1. The van der Waals surface area contributed by atoms with Gasteiger partial charge in [0, 0.05) is 19.5 Å². The summed E-state index contributed by atoms with van der Waals surface area (Å²) in [7, 11) is 0. The SMILES string of the molecule is CCC1(C)NC(=O)CCN(CCc2ccccc2)C1=O. The van der Waals surface area contributed by atoms with E-state index in [4.69, 9.17) is 0 Å². The molecule has 2 rings (SSSR count). The first kappa shape index (κ1) is 14.6. The molecule has 1 atom stereocenters. The molecule has 0 saturated carbocycles. The lowest BCUT2D eigenvalue weighted by atomic mass is 9.97. The van der Waals surface area contributed by atoms with Crippen molar-refractivity contribution in [3.8, 4) is 0 Å². The minimum Gasteiger partial charge on any atom is -0.342 e. The van der Waals surface area contributed by atoms with Crippen LogP contribution >= 0.6 is 0 Å². The number of nitrogens with zero attached hydrogens (tertiary/aromatic N) is 1. The first-order valence-electron chi connectivity index (χ1n) is 7.19. The molecule has 4 heteroatoms. The number of rotatable bonds is 4. The molecule has 4 nitrogen and oxygen atoms in total. The fourth-order valence-corrected chi connectivity index (χ4v) is 2.47. The Hall–Kier alpha value is -1.84. The Labute approximate surface area is 120 Å². The minimum atomic E-state index is -0.760. The Balaban J connectivity index is 2.06. The van der Waals surface area contributed by atoms with E-state index in [1.807, 2.05) is 36.9 Å². The maximum absolute atomic E-state index is 12.6. The van der Waals surface area contributed by atoms with Crippen LogP contribution in [0.15, 0.2) is 30.3 Å². The summed E-state index contributed by atoms with van der Waals surface area (Å²) in [6, 6.07) is 10.1. The molecular weight excluding hydrogens is 252 g/mol. The number of carbonyl (C=O) groups is 2. The number of carbonyl (C=O) groups excluding carboxylic acids is 2. The van der Waals surface area contributed by atoms with E-state index in [1.165, 1.54) is 5.56 Å². The summed E-state index contributed by atoms with van der Waals surface area (Å²) in [5.74, 6) is -0.00769. The van der Waals surface area contributed by atoms with Crippen molar-refractivity contribution in [2.24, 2.45) is 0 Å². The molecule has 1 aromatic rings. The average Bonchev–Trinajstić information content (AvgIpc) is 2.57. The van der Waals surface area contributed by atoms with Crippen LogP contribution in [0.2, 0.25) is 0 Å². The van der Waals surface area contributed by atoms with Crippen molar-refractivity contribution in [2.75, 3.05) is 13.1 Å². The van der Waals surface area contributed by atoms with Gasteiger partial charge < -0.3 is 10.2 Å². The lowest BCUT2D eigenvalue weighted by molar-refractivity contribution is -0.138. The molecule has 0 bridgehead atoms. The zero-order valence-electron chi connectivity index (χ0n) is 12.2. The normalized spacial score (nSPS) is 23.4. The molecule has 2 amide bonds. The van der Waals surface area contributed by atoms with Crippen molar-refractivity contribution in [3.63, 3.8) is 0 Å². The van der Waals surface area contributed by atoms with Crippen molar-refractivity contribution in [1.29, 1.82) is 0 Å². The molecule has 1 N–H and O–H groups in total. The maximum Gasteiger partial charge on any atom is 0.248 e. The van der Waals surface area contributed by atoms with Gasteiger partial charge in [-0.05, 0) is 25.3 Å². The molecule has 1 heterocycles. The Morgan fingerprint density at radius 3 is 2.60 bits per heavy atom. The van der Waals surface area contributed by atoms with E-state index in [-0.39, 0.29) is 11.8 Å². The predicted molar refractivity (Wildman–Crippen MR) is 78.2 cm³/mol. The third-order valence-corrected chi connectivity index (χ3v) is 4.00. The average molecular weight is 274 g/mol. The number of benzene rings is 1. The summed E-state index contributed by atoms with van der Waals surface area (Å²) in [6.07, 6.45) is 1.82. The van der Waals surface area contributed by atoms with Gasteiger partial charge in [-0.3, -0.25) is 9.59 Å². The van der Waals surface area contributed by atoms with Gasteiger partial charge >= 0.3 is 0 Å². The van der Waals surface area contributed by atoms with Gasteiger partial charge in [0.1, 0.15) is 5.54 Å². The van der Waals surface area contributed by atoms with E-state index in [9.17, 15) is 9.59 Å². The molecule has 20 heavy (non-hydrogen) atoms. The van der Waals surface area contributed by atoms with Crippen molar-refractivity contribution in [3.05, 3.63) is 35.9 Å². The summed E-state index contributed by atoms with van der Waals surface area (Å²) >= 11 is 0. The van der Waals surface area contributed by atoms with Crippen molar-refractivity contribution in [2.45, 2.75) is 38.6 Å². The van der Waals surface area contributed by atoms with Gasteiger partial charge in [-0.2, -0.15) is 0 Å². The third-order valence-electron chi connectivity index (χ3n) is 4.00.